The number of rotatable bonds is 7. The van der Waals surface area contributed by atoms with E-state index in [9.17, 15) is 14.4 Å². The maximum Gasteiger partial charge on any atom is 0.305 e. The monoisotopic (exact) mass is 527 g/mol. The molecule has 4 heterocycles. The highest BCUT2D eigenvalue weighted by Gasteiger charge is 2.40. The Labute approximate surface area is 218 Å². The average molecular weight is 528 g/mol. The van der Waals surface area contributed by atoms with E-state index in [-0.39, 0.29) is 37.2 Å². The summed E-state index contributed by atoms with van der Waals surface area (Å²) in [5, 5.41) is 10.1. The van der Waals surface area contributed by atoms with Gasteiger partial charge in [-0.2, -0.15) is 0 Å². The summed E-state index contributed by atoms with van der Waals surface area (Å²) in [7, 11) is 0. The van der Waals surface area contributed by atoms with Crippen molar-refractivity contribution < 1.29 is 23.9 Å². The predicted octanol–water partition coefficient (Wildman–Crippen LogP) is 5.03. The van der Waals surface area contributed by atoms with Crippen molar-refractivity contribution in [2.24, 2.45) is 5.41 Å². The SMILES string of the molecule is CC(C)(CC(=O)N1CCC[C@@H]1CC(=O)O)CN1C(=O)c2cc3oc(-c4ccc(Cl)cc4)cc3n2C1=S. The number of amides is 2. The lowest BCUT2D eigenvalue weighted by Gasteiger charge is -2.32. The maximum atomic E-state index is 13.3. The molecule has 1 fully saturated rings. The molecule has 1 atom stereocenters. The highest BCUT2D eigenvalue weighted by molar-refractivity contribution is 7.80. The second kappa shape index (κ2) is 9.05. The standard InChI is InChI=1S/C26H26ClN3O5S/c1-26(2,13-22(31)28-9-3-4-17(28)10-23(32)33)14-29-24(34)19-12-21-18(30(19)25(29)36)11-20(35-21)15-5-7-16(27)8-6-15/h5-8,11-12,17H,3-4,9-10,13-14H2,1-2H3,(H,32,33)/t17-/m1/s1. The number of furan rings is 1. The fourth-order valence-electron chi connectivity index (χ4n) is 5.17. The number of hydrogen-bond acceptors (Lipinski definition) is 5. The quantitative estimate of drug-likeness (QED) is 0.433. The summed E-state index contributed by atoms with van der Waals surface area (Å²) in [6, 6.07) is 10.6. The number of benzene rings is 1. The zero-order valence-corrected chi connectivity index (χ0v) is 21.6. The van der Waals surface area contributed by atoms with E-state index >= 15 is 0 Å². The number of aromatic nitrogens is 1. The van der Waals surface area contributed by atoms with Crippen LogP contribution >= 0.6 is 23.8 Å². The molecule has 1 saturated heterocycles. The molecule has 0 saturated carbocycles. The molecule has 1 N–H and O–H groups in total. The lowest BCUT2D eigenvalue weighted by atomic mass is 9.87. The van der Waals surface area contributed by atoms with Crippen LogP contribution in [0.2, 0.25) is 5.02 Å². The van der Waals surface area contributed by atoms with Crippen LogP contribution in [0, 0.1) is 5.41 Å². The van der Waals surface area contributed by atoms with Gasteiger partial charge in [0.2, 0.25) is 5.91 Å². The van der Waals surface area contributed by atoms with Gasteiger partial charge in [-0.3, -0.25) is 23.9 Å². The Morgan fingerprint density at radius 2 is 1.94 bits per heavy atom. The molecule has 1 aromatic carbocycles. The van der Waals surface area contributed by atoms with Crippen LogP contribution in [0.1, 0.15) is 50.0 Å². The molecule has 36 heavy (non-hydrogen) atoms. The lowest BCUT2D eigenvalue weighted by Crippen LogP contribution is -2.43. The van der Waals surface area contributed by atoms with Crippen molar-refractivity contribution in [2.45, 2.75) is 45.6 Å². The van der Waals surface area contributed by atoms with Gasteiger partial charge in [-0.15, -0.1) is 0 Å². The molecule has 5 rings (SSSR count). The van der Waals surface area contributed by atoms with Gasteiger partial charge in [-0.25, -0.2) is 0 Å². The molecule has 8 nitrogen and oxygen atoms in total. The molecule has 10 heteroatoms. The molecule has 2 aliphatic rings. The van der Waals surface area contributed by atoms with Crippen molar-refractivity contribution in [2.75, 3.05) is 13.1 Å². The minimum atomic E-state index is -0.904. The summed E-state index contributed by atoms with van der Waals surface area (Å²) in [6.45, 7) is 4.66. The third kappa shape index (κ3) is 4.41. The number of aliphatic carboxylic acids is 1. The van der Waals surface area contributed by atoms with Gasteiger partial charge in [0.25, 0.3) is 5.91 Å². The van der Waals surface area contributed by atoms with E-state index in [0.29, 0.717) is 45.7 Å². The van der Waals surface area contributed by atoms with Crippen LogP contribution in [0.3, 0.4) is 0 Å². The largest absolute Gasteiger partial charge is 0.481 e. The lowest BCUT2D eigenvalue weighted by molar-refractivity contribution is -0.140. The summed E-state index contributed by atoms with van der Waals surface area (Å²) in [5.74, 6) is -0.581. The molecule has 0 unspecified atom stereocenters. The molecular formula is C26H26ClN3O5S. The zero-order chi connectivity index (χ0) is 25.8. The third-order valence-electron chi connectivity index (χ3n) is 6.83. The van der Waals surface area contributed by atoms with Crippen LogP contribution in [0.15, 0.2) is 40.8 Å². The number of hydrogen-bond donors (Lipinski definition) is 1. The van der Waals surface area contributed by atoms with Crippen molar-refractivity contribution in [3.05, 3.63) is 47.1 Å². The minimum absolute atomic E-state index is 0.0466. The Hall–Kier alpha value is -3.17. The molecule has 3 aromatic rings. The fraction of sp³-hybridized carbons (Fsp3) is 0.385. The van der Waals surface area contributed by atoms with E-state index < -0.39 is 11.4 Å². The number of likely N-dealkylation sites (tertiary alicyclic amines) is 1. The van der Waals surface area contributed by atoms with Gasteiger partial charge in [0.15, 0.2) is 10.7 Å². The topological polar surface area (TPSA) is 96.0 Å². The highest BCUT2D eigenvalue weighted by Crippen LogP contribution is 2.36. The summed E-state index contributed by atoms with van der Waals surface area (Å²) in [5.41, 5.74) is 2.00. The van der Waals surface area contributed by atoms with Gasteiger partial charge in [0.05, 0.1) is 11.9 Å². The smallest absolute Gasteiger partial charge is 0.305 e. The van der Waals surface area contributed by atoms with E-state index in [1.54, 1.807) is 27.7 Å². The van der Waals surface area contributed by atoms with Crippen molar-refractivity contribution in [1.82, 2.24) is 14.4 Å². The number of fused-ring (bicyclic) bond motifs is 3. The number of thiocarbonyl (C=S) groups is 1. The molecular weight excluding hydrogens is 502 g/mol. The van der Waals surface area contributed by atoms with Crippen LogP contribution in [-0.2, 0) is 9.59 Å². The van der Waals surface area contributed by atoms with E-state index in [0.717, 1.165) is 12.0 Å². The fourth-order valence-corrected chi connectivity index (χ4v) is 5.64. The molecule has 0 radical (unpaired) electrons. The van der Waals surface area contributed by atoms with E-state index in [4.69, 9.17) is 33.3 Å². The molecule has 0 spiro atoms. The Kier molecular flexibility index (Phi) is 6.16. The molecule has 188 valence electrons. The number of nitrogens with zero attached hydrogens (tertiary/aromatic N) is 3. The Morgan fingerprint density at radius 1 is 1.22 bits per heavy atom. The summed E-state index contributed by atoms with van der Waals surface area (Å²) < 4.78 is 7.70. The predicted molar refractivity (Wildman–Crippen MR) is 139 cm³/mol. The second-order valence-corrected chi connectivity index (χ2v) is 11.0. The first kappa shape index (κ1) is 24.5. The van der Waals surface area contributed by atoms with E-state index in [2.05, 4.69) is 0 Å². The molecule has 2 aromatic heterocycles. The number of carboxylic acids is 1. The summed E-state index contributed by atoms with van der Waals surface area (Å²) >= 11 is 11.7. The minimum Gasteiger partial charge on any atom is -0.481 e. The number of carbonyl (C=O) groups is 3. The van der Waals surface area contributed by atoms with Gasteiger partial charge in [0.1, 0.15) is 11.5 Å². The first-order valence-electron chi connectivity index (χ1n) is 11.8. The number of halogens is 1. The second-order valence-electron chi connectivity index (χ2n) is 10.2. The molecule has 2 aliphatic heterocycles. The number of carbonyl (C=O) groups excluding carboxylic acids is 2. The Bertz CT molecular complexity index is 1390. The molecule has 2 amide bonds. The number of carboxylic acid groups (broad SMARTS) is 1. The molecule has 0 aliphatic carbocycles. The first-order valence-corrected chi connectivity index (χ1v) is 12.6. The van der Waals surface area contributed by atoms with Gasteiger partial charge in [0, 0.05) is 48.3 Å². The average Bonchev–Trinajstić information content (AvgIpc) is 3.54. The van der Waals surface area contributed by atoms with Crippen LogP contribution in [0.5, 0.6) is 0 Å². The first-order chi connectivity index (χ1) is 17.0. The van der Waals surface area contributed by atoms with Crippen molar-refractivity contribution in [3.63, 3.8) is 0 Å². The summed E-state index contributed by atoms with van der Waals surface area (Å²) in [6.07, 6.45) is 1.63. The van der Waals surface area contributed by atoms with Gasteiger partial charge in [-0.05, 0) is 54.7 Å². The van der Waals surface area contributed by atoms with Crippen LogP contribution in [0.4, 0.5) is 0 Å². The maximum absolute atomic E-state index is 13.3. The Balaban J connectivity index is 1.33. The van der Waals surface area contributed by atoms with E-state index in [1.807, 2.05) is 32.0 Å². The molecule has 0 bridgehead atoms. The van der Waals surface area contributed by atoms with Crippen molar-refractivity contribution >= 4 is 57.8 Å². The van der Waals surface area contributed by atoms with Crippen LogP contribution in [-0.4, -0.2) is 61.5 Å². The zero-order valence-electron chi connectivity index (χ0n) is 20.0. The normalized spacial score (nSPS) is 17.9. The summed E-state index contributed by atoms with van der Waals surface area (Å²) in [4.78, 5) is 40.7. The van der Waals surface area contributed by atoms with Crippen molar-refractivity contribution in [1.29, 1.82) is 0 Å². The van der Waals surface area contributed by atoms with Gasteiger partial charge in [-0.1, -0.05) is 25.4 Å². The van der Waals surface area contributed by atoms with Crippen LogP contribution < -0.4 is 0 Å². The van der Waals surface area contributed by atoms with Gasteiger partial charge < -0.3 is 14.4 Å². The Morgan fingerprint density at radius 3 is 2.64 bits per heavy atom. The van der Waals surface area contributed by atoms with E-state index in [1.165, 1.54) is 4.90 Å². The van der Waals surface area contributed by atoms with Crippen LogP contribution in [0.25, 0.3) is 22.4 Å². The highest BCUT2D eigenvalue weighted by atomic mass is 35.5. The third-order valence-corrected chi connectivity index (χ3v) is 7.48. The van der Waals surface area contributed by atoms with Crippen molar-refractivity contribution in [3.8, 4) is 11.3 Å². The van der Waals surface area contributed by atoms with Gasteiger partial charge >= 0.3 is 5.97 Å².